The van der Waals surface area contributed by atoms with E-state index < -0.39 is 44.9 Å². The van der Waals surface area contributed by atoms with E-state index in [1.165, 1.54) is 36.5 Å². The third-order valence-corrected chi connectivity index (χ3v) is 11.8. The van der Waals surface area contributed by atoms with E-state index in [0.29, 0.717) is 67.1 Å². The van der Waals surface area contributed by atoms with Crippen LogP contribution in [0.25, 0.3) is 5.65 Å². The number of hydrogen-bond donors (Lipinski definition) is 3. The van der Waals surface area contributed by atoms with Crippen LogP contribution in [-0.2, 0) is 32.3 Å². The third-order valence-electron chi connectivity index (χ3n) is 10.0. The van der Waals surface area contributed by atoms with E-state index in [9.17, 15) is 36.6 Å². The molecular weight excluding hydrogens is 705 g/mol. The first-order valence-electron chi connectivity index (χ1n) is 16.9. The Bertz CT molecular complexity index is 2100. The van der Waals surface area contributed by atoms with Crippen LogP contribution in [-0.4, -0.2) is 87.0 Å². The van der Waals surface area contributed by atoms with Crippen LogP contribution >= 0.6 is 0 Å². The number of carbonyl (C=O) groups is 1. The van der Waals surface area contributed by atoms with E-state index >= 15 is 0 Å². The molecule has 0 saturated carbocycles. The molecule has 13 nitrogen and oxygen atoms in total. The first-order valence-corrected chi connectivity index (χ1v) is 18.3. The highest BCUT2D eigenvalue weighted by Gasteiger charge is 2.46. The monoisotopic (exact) mass is 746 g/mol. The largest absolute Gasteiger partial charge is 0.481 e. The number of alkyl halides is 3. The van der Waals surface area contributed by atoms with Crippen molar-refractivity contribution >= 4 is 27.5 Å². The van der Waals surface area contributed by atoms with Crippen LogP contribution in [0.4, 0.5) is 19.0 Å². The normalized spacial score (nSPS) is 18.1. The molecule has 6 rings (SSSR count). The summed E-state index contributed by atoms with van der Waals surface area (Å²) in [6, 6.07) is 9.77. The van der Waals surface area contributed by atoms with Crippen LogP contribution in [0.1, 0.15) is 72.7 Å². The molecular formula is C35H41F3N6O7S. The van der Waals surface area contributed by atoms with Gasteiger partial charge in [0.05, 0.1) is 25.2 Å². The summed E-state index contributed by atoms with van der Waals surface area (Å²) in [6.45, 7) is 7.53. The lowest BCUT2D eigenvalue weighted by atomic mass is 9.70. The van der Waals surface area contributed by atoms with Crippen LogP contribution in [0, 0.1) is 19.3 Å². The molecule has 2 aliphatic rings. The lowest BCUT2D eigenvalue weighted by Crippen LogP contribution is -2.50. The molecule has 0 bridgehead atoms. The van der Waals surface area contributed by atoms with Crippen molar-refractivity contribution in [1.82, 2.24) is 23.9 Å². The fourth-order valence-corrected chi connectivity index (χ4v) is 8.50. The fraction of sp³-hybridized carbons (Fsp3) is 0.486. The Morgan fingerprint density at radius 1 is 1.10 bits per heavy atom. The maximum Gasteiger partial charge on any atom is 0.452 e. The Labute approximate surface area is 298 Å². The Morgan fingerprint density at radius 2 is 1.83 bits per heavy atom. The number of aliphatic hydroxyl groups is 1. The summed E-state index contributed by atoms with van der Waals surface area (Å²) in [5.41, 5.74) is 0.191. The van der Waals surface area contributed by atoms with E-state index in [2.05, 4.69) is 20.5 Å². The maximum absolute atomic E-state index is 14.4. The van der Waals surface area contributed by atoms with Crippen molar-refractivity contribution in [1.29, 1.82) is 0 Å². The summed E-state index contributed by atoms with van der Waals surface area (Å²) in [7, 11) is -4.19. The molecule has 1 fully saturated rings. The first kappa shape index (κ1) is 37.4. The molecule has 1 unspecified atom stereocenters. The quantitative estimate of drug-likeness (QED) is 0.188. The topological polar surface area (TPSA) is 168 Å². The number of ether oxygens (including phenoxy) is 2. The summed E-state index contributed by atoms with van der Waals surface area (Å²) >= 11 is 0. The number of nitrogens with one attached hydrogen (secondary N) is 1. The van der Waals surface area contributed by atoms with Crippen molar-refractivity contribution in [2.24, 2.45) is 5.41 Å². The molecule has 2 aliphatic heterocycles. The zero-order valence-corrected chi connectivity index (χ0v) is 30.0. The van der Waals surface area contributed by atoms with Crippen molar-refractivity contribution < 1.29 is 46.1 Å². The number of halogens is 3. The van der Waals surface area contributed by atoms with Gasteiger partial charge in [-0.2, -0.15) is 22.5 Å². The molecule has 1 aromatic carbocycles. The molecule has 0 radical (unpaired) electrons. The number of anilines is 1. The summed E-state index contributed by atoms with van der Waals surface area (Å²) < 4.78 is 84.1. The molecule has 0 amide bonds. The molecule has 0 aliphatic carbocycles. The Kier molecular flexibility index (Phi) is 10.0. The summed E-state index contributed by atoms with van der Waals surface area (Å²) in [5, 5.41) is 29.8. The smallest absolute Gasteiger partial charge is 0.452 e. The van der Waals surface area contributed by atoms with E-state index in [4.69, 9.17) is 9.47 Å². The predicted octanol–water partition coefficient (Wildman–Crippen LogP) is 4.93. The zero-order chi connectivity index (χ0) is 37.6. The van der Waals surface area contributed by atoms with Gasteiger partial charge in [0.1, 0.15) is 16.3 Å². The first-order chi connectivity index (χ1) is 24.5. The van der Waals surface area contributed by atoms with Gasteiger partial charge in [-0.15, -0.1) is 10.2 Å². The molecule has 3 N–H and O–H groups in total. The SMILES string of the molecule is Cc1ccc(C(c2ccn3c(C(F)(F)F)nnc3c2C)C(C)(C)C(=O)O)cc1CN1CC2(CCOCC2)Oc2nc(NCCCO)ccc2S1(=O)=O. The highest BCUT2D eigenvalue weighted by Crippen LogP contribution is 2.45. The average molecular weight is 747 g/mol. The second-order valence-electron chi connectivity index (χ2n) is 13.9. The zero-order valence-electron chi connectivity index (χ0n) is 29.2. The molecule has 5 heterocycles. The van der Waals surface area contributed by atoms with Crippen molar-refractivity contribution in [2.75, 3.05) is 38.2 Å². The van der Waals surface area contributed by atoms with Crippen LogP contribution in [0.2, 0.25) is 0 Å². The van der Waals surface area contributed by atoms with E-state index in [1.807, 2.05) is 6.92 Å². The van der Waals surface area contributed by atoms with Gasteiger partial charge in [0, 0.05) is 44.7 Å². The number of pyridine rings is 2. The van der Waals surface area contributed by atoms with Gasteiger partial charge in [0.25, 0.3) is 0 Å². The van der Waals surface area contributed by atoms with E-state index in [-0.39, 0.29) is 36.1 Å². The molecule has 1 spiro atoms. The number of benzene rings is 1. The summed E-state index contributed by atoms with van der Waals surface area (Å²) in [5.74, 6) is -2.84. The Balaban J connectivity index is 1.43. The summed E-state index contributed by atoms with van der Waals surface area (Å²) in [4.78, 5) is 17.2. The number of carboxylic acid groups (broad SMARTS) is 1. The molecule has 52 heavy (non-hydrogen) atoms. The number of aliphatic carboxylic acids is 1. The van der Waals surface area contributed by atoms with Gasteiger partial charge in [-0.1, -0.05) is 18.2 Å². The molecule has 4 aromatic rings. The molecule has 280 valence electrons. The van der Waals surface area contributed by atoms with E-state index in [0.717, 1.165) is 9.96 Å². The Morgan fingerprint density at radius 3 is 2.50 bits per heavy atom. The second kappa shape index (κ2) is 13.9. The van der Waals surface area contributed by atoms with Gasteiger partial charge in [-0.3, -0.25) is 9.20 Å². The second-order valence-corrected chi connectivity index (χ2v) is 15.8. The van der Waals surface area contributed by atoms with E-state index in [1.54, 1.807) is 31.2 Å². The number of carboxylic acids is 1. The molecule has 1 saturated heterocycles. The van der Waals surface area contributed by atoms with Gasteiger partial charge in [0.2, 0.25) is 21.7 Å². The van der Waals surface area contributed by atoms with Gasteiger partial charge in [-0.05, 0) is 80.1 Å². The minimum Gasteiger partial charge on any atom is -0.481 e. The highest BCUT2D eigenvalue weighted by atomic mass is 32.2. The van der Waals surface area contributed by atoms with Gasteiger partial charge >= 0.3 is 12.1 Å². The van der Waals surface area contributed by atoms with Crippen LogP contribution in [0.15, 0.2) is 47.5 Å². The number of aromatic nitrogens is 4. The highest BCUT2D eigenvalue weighted by molar-refractivity contribution is 7.89. The molecule has 1 atom stereocenters. The van der Waals surface area contributed by atoms with Crippen molar-refractivity contribution in [2.45, 2.75) is 76.1 Å². The van der Waals surface area contributed by atoms with Gasteiger partial charge in [0.15, 0.2) is 5.65 Å². The standard InChI is InChI=1S/C35H41F3N6O7S/c1-21-6-7-23(28(33(3,4)32(46)47)25-10-14-44-29(22(25)2)41-42-31(44)35(36,37)38)18-24(21)19-43-20-34(11-16-50-17-12-34)51-30-26(52(43,48)49)8-9-27(40-30)39-13-5-15-45/h6-10,14,18,28,45H,5,11-13,15-17,19-20H2,1-4H3,(H,39,40)(H,46,47). The predicted molar refractivity (Wildman–Crippen MR) is 183 cm³/mol. The lowest BCUT2D eigenvalue weighted by Gasteiger charge is -2.38. The van der Waals surface area contributed by atoms with Crippen molar-refractivity contribution in [3.8, 4) is 5.88 Å². The van der Waals surface area contributed by atoms with Crippen LogP contribution in [0.3, 0.4) is 0 Å². The number of sulfonamides is 1. The number of rotatable bonds is 10. The number of fused-ring (bicyclic) bond motifs is 2. The number of nitrogens with zero attached hydrogens (tertiary/aromatic N) is 5. The molecule has 17 heteroatoms. The molecule has 3 aromatic heterocycles. The number of hydrogen-bond acceptors (Lipinski definition) is 10. The summed E-state index contributed by atoms with van der Waals surface area (Å²) in [6.07, 6.45) is -2.26. The van der Waals surface area contributed by atoms with Gasteiger partial charge in [-0.25, -0.2) is 8.42 Å². The number of aryl methyl sites for hydroxylation is 2. The van der Waals surface area contributed by atoms with Crippen molar-refractivity contribution in [3.63, 3.8) is 0 Å². The minimum atomic E-state index is -4.75. The fourth-order valence-electron chi connectivity index (χ4n) is 6.96. The number of aliphatic hydroxyl groups excluding tert-OH is 1. The van der Waals surface area contributed by atoms with Crippen LogP contribution in [0.5, 0.6) is 5.88 Å². The maximum atomic E-state index is 14.4. The van der Waals surface area contributed by atoms with Gasteiger partial charge < -0.3 is 25.0 Å². The Hall–Kier alpha value is -4.32. The van der Waals surface area contributed by atoms with Crippen LogP contribution < -0.4 is 10.1 Å². The third kappa shape index (κ3) is 6.93. The lowest BCUT2D eigenvalue weighted by molar-refractivity contribution is -0.147. The van der Waals surface area contributed by atoms with Crippen molar-refractivity contribution in [3.05, 3.63) is 76.2 Å². The minimum absolute atomic E-state index is 0.000237. The average Bonchev–Trinajstić information content (AvgIpc) is 3.50.